The van der Waals surface area contributed by atoms with Gasteiger partial charge in [0.15, 0.2) is 10.8 Å². The molecule has 0 saturated carbocycles. The van der Waals surface area contributed by atoms with Crippen LogP contribution >= 0.6 is 11.3 Å². The highest BCUT2D eigenvalue weighted by molar-refractivity contribution is 7.17. The Labute approximate surface area is 154 Å². The number of hydrogen-bond acceptors (Lipinski definition) is 5. The van der Waals surface area contributed by atoms with Gasteiger partial charge in [-0.25, -0.2) is 19.3 Å². The molecule has 7 heteroatoms. The first kappa shape index (κ1) is 17.9. The number of aryl methyl sites for hydroxylation is 1. The van der Waals surface area contributed by atoms with Crippen LogP contribution in [0.1, 0.15) is 20.9 Å². The van der Waals surface area contributed by atoms with Crippen molar-refractivity contribution < 1.29 is 9.18 Å². The minimum atomic E-state index is -0.339. The van der Waals surface area contributed by atoms with E-state index in [-0.39, 0.29) is 18.3 Å². The molecule has 1 amide bonds. The Morgan fingerprint density at radius 2 is 2.00 bits per heavy atom. The van der Waals surface area contributed by atoms with Gasteiger partial charge in [0, 0.05) is 31.0 Å². The molecule has 0 aliphatic carbocycles. The Morgan fingerprint density at radius 1 is 1.27 bits per heavy atom. The van der Waals surface area contributed by atoms with Crippen LogP contribution in [-0.4, -0.2) is 32.3 Å². The normalized spacial score (nSPS) is 10.5. The third-order valence-corrected chi connectivity index (χ3v) is 4.85. The Balaban J connectivity index is 1.89. The average molecular weight is 368 g/mol. The summed E-state index contributed by atoms with van der Waals surface area (Å²) in [6.45, 7) is 5.93. The lowest BCUT2D eigenvalue weighted by atomic mass is 10.2. The maximum absolute atomic E-state index is 14.0. The van der Waals surface area contributed by atoms with Crippen molar-refractivity contribution >= 4 is 17.2 Å². The molecule has 1 aromatic carbocycles. The molecule has 0 bridgehead atoms. The van der Waals surface area contributed by atoms with Crippen LogP contribution in [0.5, 0.6) is 0 Å². The lowest BCUT2D eigenvalue weighted by Gasteiger charge is -2.21. The standard InChI is InChI=1S/C19H17FN4OS/c1-3-11-24(12-14-7-4-5-8-15(14)20)19(25)16-13(2)23-18(26-16)17-21-9-6-10-22-17/h3-10H,1,11-12H2,2H3. The predicted molar refractivity (Wildman–Crippen MR) is 99.2 cm³/mol. The van der Waals surface area contributed by atoms with Crippen LogP contribution in [0.15, 0.2) is 55.4 Å². The number of halogens is 1. The summed E-state index contributed by atoms with van der Waals surface area (Å²) in [5.41, 5.74) is 1.06. The molecule has 3 rings (SSSR count). The number of thiazole rings is 1. The summed E-state index contributed by atoms with van der Waals surface area (Å²) in [6.07, 6.45) is 4.88. The smallest absolute Gasteiger partial charge is 0.266 e. The van der Waals surface area contributed by atoms with Gasteiger partial charge in [0.2, 0.25) is 0 Å². The van der Waals surface area contributed by atoms with Crippen LogP contribution in [0, 0.1) is 12.7 Å². The van der Waals surface area contributed by atoms with Crippen molar-refractivity contribution in [3.05, 3.63) is 77.3 Å². The predicted octanol–water partition coefficient (Wildman–Crippen LogP) is 3.88. The monoisotopic (exact) mass is 368 g/mol. The number of hydrogen-bond donors (Lipinski definition) is 0. The first-order valence-corrected chi connectivity index (χ1v) is 8.80. The van der Waals surface area contributed by atoms with Gasteiger partial charge in [-0.05, 0) is 19.1 Å². The molecule has 0 radical (unpaired) electrons. The van der Waals surface area contributed by atoms with Crippen molar-refractivity contribution in [3.63, 3.8) is 0 Å². The van der Waals surface area contributed by atoms with E-state index in [9.17, 15) is 9.18 Å². The Hall–Kier alpha value is -2.93. The van der Waals surface area contributed by atoms with E-state index in [0.717, 1.165) is 0 Å². The molecule has 132 valence electrons. The fourth-order valence-electron chi connectivity index (χ4n) is 2.45. The van der Waals surface area contributed by atoms with Crippen molar-refractivity contribution in [1.82, 2.24) is 19.9 Å². The molecule has 3 aromatic rings. The number of carbonyl (C=O) groups is 1. The number of carbonyl (C=O) groups excluding carboxylic acids is 1. The highest BCUT2D eigenvalue weighted by atomic mass is 32.1. The maximum atomic E-state index is 14.0. The van der Waals surface area contributed by atoms with Crippen LogP contribution in [0.25, 0.3) is 10.8 Å². The molecule has 2 heterocycles. The molecule has 0 spiro atoms. The highest BCUT2D eigenvalue weighted by Gasteiger charge is 2.23. The maximum Gasteiger partial charge on any atom is 0.266 e. The number of amides is 1. The first-order chi connectivity index (χ1) is 12.6. The van der Waals surface area contributed by atoms with Gasteiger partial charge in [-0.2, -0.15) is 0 Å². The van der Waals surface area contributed by atoms with E-state index in [1.54, 1.807) is 54.6 Å². The second-order valence-electron chi connectivity index (χ2n) is 5.57. The zero-order valence-corrected chi connectivity index (χ0v) is 15.0. The molecule has 2 aromatic heterocycles. The fraction of sp³-hybridized carbons (Fsp3) is 0.158. The van der Waals surface area contributed by atoms with Gasteiger partial charge in [-0.3, -0.25) is 4.79 Å². The van der Waals surface area contributed by atoms with Crippen LogP contribution in [0.4, 0.5) is 4.39 Å². The van der Waals surface area contributed by atoms with E-state index in [0.29, 0.717) is 33.5 Å². The largest absolute Gasteiger partial charge is 0.330 e. The van der Waals surface area contributed by atoms with Gasteiger partial charge in [-0.1, -0.05) is 24.3 Å². The lowest BCUT2D eigenvalue weighted by molar-refractivity contribution is 0.0765. The summed E-state index contributed by atoms with van der Waals surface area (Å²) in [5.74, 6) is -0.0804. The van der Waals surface area contributed by atoms with E-state index in [1.807, 2.05) is 0 Å². The Morgan fingerprint density at radius 3 is 2.69 bits per heavy atom. The zero-order valence-electron chi connectivity index (χ0n) is 14.2. The molecule has 0 N–H and O–H groups in total. The van der Waals surface area contributed by atoms with Crippen LogP contribution < -0.4 is 0 Å². The molecule has 0 fully saturated rings. The van der Waals surface area contributed by atoms with Gasteiger partial charge in [-0.15, -0.1) is 17.9 Å². The van der Waals surface area contributed by atoms with E-state index < -0.39 is 0 Å². The van der Waals surface area contributed by atoms with Gasteiger partial charge in [0.25, 0.3) is 5.91 Å². The number of nitrogens with zero attached hydrogens (tertiary/aromatic N) is 4. The summed E-state index contributed by atoms with van der Waals surface area (Å²) >= 11 is 1.23. The van der Waals surface area contributed by atoms with Gasteiger partial charge >= 0.3 is 0 Å². The van der Waals surface area contributed by atoms with Crippen LogP contribution in [0.2, 0.25) is 0 Å². The second kappa shape index (κ2) is 7.97. The molecule has 0 aliphatic heterocycles. The summed E-state index contributed by atoms with van der Waals surface area (Å²) < 4.78 is 14.0. The number of rotatable bonds is 6. The van der Waals surface area contributed by atoms with E-state index in [4.69, 9.17) is 0 Å². The molecule has 0 aliphatic rings. The first-order valence-electron chi connectivity index (χ1n) is 7.98. The Kier molecular flexibility index (Phi) is 5.48. The minimum absolute atomic E-state index is 0.159. The SMILES string of the molecule is C=CCN(Cc1ccccc1F)C(=O)c1sc(-c2ncccn2)nc1C. The van der Waals surface area contributed by atoms with Crippen molar-refractivity contribution in [2.45, 2.75) is 13.5 Å². The van der Waals surface area contributed by atoms with Crippen molar-refractivity contribution in [2.24, 2.45) is 0 Å². The van der Waals surface area contributed by atoms with Gasteiger partial charge < -0.3 is 4.90 Å². The minimum Gasteiger partial charge on any atom is -0.330 e. The quantitative estimate of drug-likeness (QED) is 0.620. The number of aromatic nitrogens is 3. The van der Waals surface area contributed by atoms with E-state index in [1.165, 1.54) is 17.4 Å². The van der Waals surface area contributed by atoms with Crippen molar-refractivity contribution in [2.75, 3.05) is 6.54 Å². The topological polar surface area (TPSA) is 59.0 Å². The highest BCUT2D eigenvalue weighted by Crippen LogP contribution is 2.27. The fourth-order valence-corrected chi connectivity index (χ4v) is 3.43. The van der Waals surface area contributed by atoms with Crippen LogP contribution in [-0.2, 0) is 6.54 Å². The Bertz CT molecular complexity index is 926. The van der Waals surface area contributed by atoms with Gasteiger partial charge in [0.05, 0.1) is 5.69 Å². The summed E-state index contributed by atoms with van der Waals surface area (Å²) in [4.78, 5) is 27.8. The molecule has 5 nitrogen and oxygen atoms in total. The number of benzene rings is 1. The molecule has 0 atom stereocenters. The van der Waals surface area contributed by atoms with Gasteiger partial charge in [0.1, 0.15) is 10.7 Å². The summed E-state index contributed by atoms with van der Waals surface area (Å²) in [6, 6.07) is 8.14. The lowest BCUT2D eigenvalue weighted by Crippen LogP contribution is -2.31. The van der Waals surface area contributed by atoms with E-state index in [2.05, 4.69) is 21.5 Å². The average Bonchev–Trinajstić information content (AvgIpc) is 3.05. The van der Waals surface area contributed by atoms with E-state index >= 15 is 0 Å². The molecular weight excluding hydrogens is 351 g/mol. The summed E-state index contributed by atoms with van der Waals surface area (Å²) in [5, 5.41) is 0.580. The van der Waals surface area contributed by atoms with Crippen molar-refractivity contribution in [3.8, 4) is 10.8 Å². The van der Waals surface area contributed by atoms with Crippen molar-refractivity contribution in [1.29, 1.82) is 0 Å². The second-order valence-corrected chi connectivity index (χ2v) is 6.57. The van der Waals surface area contributed by atoms with Crippen LogP contribution in [0.3, 0.4) is 0 Å². The molecule has 26 heavy (non-hydrogen) atoms. The third kappa shape index (κ3) is 3.83. The molecule has 0 saturated heterocycles. The molecule has 0 unspecified atom stereocenters. The summed E-state index contributed by atoms with van der Waals surface area (Å²) in [7, 11) is 0. The zero-order chi connectivity index (χ0) is 18.5. The third-order valence-electron chi connectivity index (χ3n) is 3.70. The molecular formula is C19H17FN4OS.